The minimum Gasteiger partial charge on any atom is -0.383 e. The highest BCUT2D eigenvalue weighted by molar-refractivity contribution is 5.85. The average molecular weight is 301 g/mol. The van der Waals surface area contributed by atoms with Crippen molar-refractivity contribution in [1.82, 2.24) is 10.6 Å². The summed E-state index contributed by atoms with van der Waals surface area (Å²) >= 11 is 0. The molecule has 4 nitrogen and oxygen atoms in total. The molecule has 5 heteroatoms. The molecule has 0 bridgehead atoms. The molecule has 0 aliphatic heterocycles. The molecule has 0 saturated heterocycles. The van der Waals surface area contributed by atoms with Crippen molar-refractivity contribution in [1.29, 1.82) is 0 Å². The summed E-state index contributed by atoms with van der Waals surface area (Å²) in [5.41, 5.74) is 1.28. The lowest BCUT2D eigenvalue weighted by Crippen LogP contribution is -2.37. The second-order valence-corrected chi connectivity index (χ2v) is 4.49. The molecule has 1 amide bonds. The first-order chi connectivity index (χ1) is 9.27. The SMILES string of the molecule is CCC(CNC(=O)CNCCOC)c1ccccc1.Cl. The van der Waals surface area contributed by atoms with Crippen LogP contribution in [0.3, 0.4) is 0 Å². The van der Waals surface area contributed by atoms with Gasteiger partial charge in [0.2, 0.25) is 5.91 Å². The lowest BCUT2D eigenvalue weighted by Gasteiger charge is -2.16. The summed E-state index contributed by atoms with van der Waals surface area (Å²) < 4.78 is 4.90. The van der Waals surface area contributed by atoms with Crippen LogP contribution in [0.5, 0.6) is 0 Å². The Morgan fingerprint density at radius 2 is 2.00 bits per heavy atom. The molecule has 114 valence electrons. The van der Waals surface area contributed by atoms with E-state index in [9.17, 15) is 4.79 Å². The molecule has 1 aromatic carbocycles. The first kappa shape index (κ1) is 18.9. The van der Waals surface area contributed by atoms with Crippen LogP contribution in [0.25, 0.3) is 0 Å². The highest BCUT2D eigenvalue weighted by Gasteiger charge is 2.10. The van der Waals surface area contributed by atoms with Gasteiger partial charge in [0.25, 0.3) is 0 Å². The summed E-state index contributed by atoms with van der Waals surface area (Å²) in [4.78, 5) is 11.6. The second kappa shape index (κ2) is 11.7. The van der Waals surface area contributed by atoms with Crippen LogP contribution in [0, 0.1) is 0 Å². The summed E-state index contributed by atoms with van der Waals surface area (Å²) in [6, 6.07) is 10.3. The molecule has 0 fully saturated rings. The molecule has 1 atom stereocenters. The van der Waals surface area contributed by atoms with E-state index in [2.05, 4.69) is 29.7 Å². The van der Waals surface area contributed by atoms with Crippen molar-refractivity contribution >= 4 is 18.3 Å². The molecule has 0 aliphatic rings. The van der Waals surface area contributed by atoms with Crippen molar-refractivity contribution in [2.24, 2.45) is 0 Å². The van der Waals surface area contributed by atoms with Gasteiger partial charge in [-0.25, -0.2) is 0 Å². The van der Waals surface area contributed by atoms with E-state index in [1.54, 1.807) is 7.11 Å². The van der Waals surface area contributed by atoms with Crippen LogP contribution in [0.15, 0.2) is 30.3 Å². The minimum atomic E-state index is 0. The molecule has 20 heavy (non-hydrogen) atoms. The number of amides is 1. The zero-order valence-electron chi connectivity index (χ0n) is 12.2. The van der Waals surface area contributed by atoms with Gasteiger partial charge in [0, 0.05) is 26.1 Å². The van der Waals surface area contributed by atoms with E-state index in [1.807, 2.05) is 18.2 Å². The zero-order chi connectivity index (χ0) is 13.9. The topological polar surface area (TPSA) is 50.4 Å². The summed E-state index contributed by atoms with van der Waals surface area (Å²) in [6.07, 6.45) is 1.02. The summed E-state index contributed by atoms with van der Waals surface area (Å²) in [6.45, 7) is 4.48. The Balaban J connectivity index is 0.00000361. The monoisotopic (exact) mass is 300 g/mol. The predicted octanol–water partition coefficient (Wildman–Crippen LogP) is 1.95. The third-order valence-corrected chi connectivity index (χ3v) is 3.08. The molecule has 0 aromatic heterocycles. The number of halogens is 1. The maximum atomic E-state index is 11.6. The fourth-order valence-corrected chi connectivity index (χ4v) is 1.90. The quantitative estimate of drug-likeness (QED) is 0.686. The van der Waals surface area contributed by atoms with Gasteiger partial charge in [-0.15, -0.1) is 12.4 Å². The van der Waals surface area contributed by atoms with Crippen molar-refractivity contribution in [2.75, 3.05) is 33.4 Å². The normalized spacial score (nSPS) is 11.5. The van der Waals surface area contributed by atoms with Gasteiger partial charge in [0.05, 0.1) is 13.2 Å². The van der Waals surface area contributed by atoms with E-state index < -0.39 is 0 Å². The number of ether oxygens (including phenoxy) is 1. The van der Waals surface area contributed by atoms with Crippen LogP contribution >= 0.6 is 12.4 Å². The summed E-state index contributed by atoms with van der Waals surface area (Å²) in [7, 11) is 1.65. The van der Waals surface area contributed by atoms with E-state index in [-0.39, 0.29) is 18.3 Å². The van der Waals surface area contributed by atoms with Crippen LogP contribution in [0.4, 0.5) is 0 Å². The molecule has 2 N–H and O–H groups in total. The van der Waals surface area contributed by atoms with Crippen LogP contribution < -0.4 is 10.6 Å². The van der Waals surface area contributed by atoms with E-state index in [0.29, 0.717) is 32.2 Å². The van der Waals surface area contributed by atoms with Gasteiger partial charge in [0.15, 0.2) is 0 Å². The lowest BCUT2D eigenvalue weighted by molar-refractivity contribution is -0.120. The standard InChI is InChI=1S/C15H24N2O2.ClH/c1-3-13(14-7-5-4-6-8-14)11-17-15(18)12-16-9-10-19-2;/h4-8,13,16H,3,9-12H2,1-2H3,(H,17,18);1H. The van der Waals surface area contributed by atoms with Gasteiger partial charge in [-0.05, 0) is 12.0 Å². The number of carbonyl (C=O) groups is 1. The molecular formula is C15H25ClN2O2. The average Bonchev–Trinajstić information content (AvgIpc) is 2.45. The first-order valence-electron chi connectivity index (χ1n) is 6.79. The van der Waals surface area contributed by atoms with Gasteiger partial charge in [0.1, 0.15) is 0 Å². The molecule has 0 radical (unpaired) electrons. The molecule has 1 rings (SSSR count). The molecule has 0 heterocycles. The van der Waals surface area contributed by atoms with Crippen molar-refractivity contribution < 1.29 is 9.53 Å². The number of methoxy groups -OCH3 is 1. The van der Waals surface area contributed by atoms with E-state index in [4.69, 9.17) is 4.74 Å². The molecular weight excluding hydrogens is 276 g/mol. The van der Waals surface area contributed by atoms with Gasteiger partial charge in [-0.1, -0.05) is 37.3 Å². The highest BCUT2D eigenvalue weighted by atomic mass is 35.5. The van der Waals surface area contributed by atoms with Crippen LogP contribution in [-0.4, -0.2) is 39.3 Å². The Hall–Kier alpha value is -1.10. The Bertz CT molecular complexity index is 360. The Morgan fingerprint density at radius 3 is 2.60 bits per heavy atom. The number of rotatable bonds is 9. The molecule has 1 unspecified atom stereocenters. The van der Waals surface area contributed by atoms with Gasteiger partial charge in [-0.2, -0.15) is 0 Å². The predicted molar refractivity (Wildman–Crippen MR) is 84.5 cm³/mol. The van der Waals surface area contributed by atoms with Gasteiger partial charge >= 0.3 is 0 Å². The third kappa shape index (κ3) is 7.48. The van der Waals surface area contributed by atoms with Crippen molar-refractivity contribution in [3.05, 3.63) is 35.9 Å². The third-order valence-electron chi connectivity index (χ3n) is 3.08. The zero-order valence-corrected chi connectivity index (χ0v) is 13.0. The van der Waals surface area contributed by atoms with Crippen molar-refractivity contribution in [3.8, 4) is 0 Å². The maximum absolute atomic E-state index is 11.6. The summed E-state index contributed by atoms with van der Waals surface area (Å²) in [5.74, 6) is 0.412. The highest BCUT2D eigenvalue weighted by Crippen LogP contribution is 2.17. The number of nitrogens with one attached hydrogen (secondary N) is 2. The largest absolute Gasteiger partial charge is 0.383 e. The molecule has 0 saturated carbocycles. The molecule has 1 aromatic rings. The van der Waals surface area contributed by atoms with Gasteiger partial charge < -0.3 is 15.4 Å². The van der Waals surface area contributed by atoms with Gasteiger partial charge in [-0.3, -0.25) is 4.79 Å². The molecule has 0 aliphatic carbocycles. The summed E-state index contributed by atoms with van der Waals surface area (Å²) in [5, 5.41) is 6.00. The number of hydrogen-bond acceptors (Lipinski definition) is 3. The fraction of sp³-hybridized carbons (Fsp3) is 0.533. The van der Waals surface area contributed by atoms with Crippen LogP contribution in [-0.2, 0) is 9.53 Å². The van der Waals surface area contributed by atoms with Crippen molar-refractivity contribution in [2.45, 2.75) is 19.3 Å². The smallest absolute Gasteiger partial charge is 0.233 e. The number of hydrogen-bond donors (Lipinski definition) is 2. The van der Waals surface area contributed by atoms with Crippen LogP contribution in [0.2, 0.25) is 0 Å². The Morgan fingerprint density at radius 1 is 1.30 bits per heavy atom. The molecule has 0 spiro atoms. The second-order valence-electron chi connectivity index (χ2n) is 4.49. The van der Waals surface area contributed by atoms with E-state index >= 15 is 0 Å². The lowest BCUT2D eigenvalue weighted by atomic mass is 9.96. The van der Waals surface area contributed by atoms with E-state index in [1.165, 1.54) is 5.56 Å². The van der Waals surface area contributed by atoms with Crippen LogP contribution in [0.1, 0.15) is 24.8 Å². The minimum absolute atomic E-state index is 0. The number of carbonyl (C=O) groups excluding carboxylic acids is 1. The van der Waals surface area contributed by atoms with Crippen molar-refractivity contribution in [3.63, 3.8) is 0 Å². The van der Waals surface area contributed by atoms with E-state index in [0.717, 1.165) is 6.42 Å². The number of benzene rings is 1. The Kier molecular flexibility index (Phi) is 11.1. The maximum Gasteiger partial charge on any atom is 0.233 e. The fourth-order valence-electron chi connectivity index (χ4n) is 1.90. The Labute approximate surface area is 127 Å². The first-order valence-corrected chi connectivity index (χ1v) is 6.79.